The van der Waals surface area contributed by atoms with Crippen molar-refractivity contribution < 1.29 is 19.4 Å². The van der Waals surface area contributed by atoms with Gasteiger partial charge in [-0.05, 0) is 41.8 Å². The van der Waals surface area contributed by atoms with Gasteiger partial charge in [0.1, 0.15) is 18.4 Å². The number of aliphatic carboxylic acids is 1. The van der Waals surface area contributed by atoms with Crippen LogP contribution in [0.1, 0.15) is 22.3 Å². The first-order valence-corrected chi connectivity index (χ1v) is 10.0. The van der Waals surface area contributed by atoms with Crippen LogP contribution in [0.5, 0.6) is 5.75 Å². The normalized spacial score (nSPS) is 11.8. The lowest BCUT2D eigenvalue weighted by molar-refractivity contribution is -0.141. The summed E-state index contributed by atoms with van der Waals surface area (Å²) in [5.74, 6) is -0.792. The van der Waals surface area contributed by atoms with Gasteiger partial charge in [0.2, 0.25) is 5.91 Å². The summed E-state index contributed by atoms with van der Waals surface area (Å²) < 4.78 is 5.78. The zero-order valence-corrected chi connectivity index (χ0v) is 17.3. The summed E-state index contributed by atoms with van der Waals surface area (Å²) >= 11 is 0. The summed E-state index contributed by atoms with van der Waals surface area (Å²) in [5, 5.41) is 11.9. The topological polar surface area (TPSA) is 75.6 Å². The van der Waals surface area contributed by atoms with Gasteiger partial charge in [-0.25, -0.2) is 4.79 Å². The number of rotatable bonds is 9. The third-order valence-electron chi connectivity index (χ3n) is 4.73. The van der Waals surface area contributed by atoms with Crippen molar-refractivity contribution in [2.45, 2.75) is 26.0 Å². The monoisotopic (exact) mass is 415 g/mol. The van der Waals surface area contributed by atoms with Crippen LogP contribution in [0.2, 0.25) is 0 Å². The molecular formula is C26H25NO4. The van der Waals surface area contributed by atoms with Crippen LogP contribution >= 0.6 is 0 Å². The summed E-state index contributed by atoms with van der Waals surface area (Å²) in [5.41, 5.74) is 3.96. The summed E-state index contributed by atoms with van der Waals surface area (Å²) in [4.78, 5) is 23.7. The molecule has 3 rings (SSSR count). The molecule has 158 valence electrons. The molecule has 0 bridgehead atoms. The Labute approximate surface area is 182 Å². The molecule has 0 aliphatic heterocycles. The molecule has 1 atom stereocenters. The van der Waals surface area contributed by atoms with Gasteiger partial charge in [-0.2, -0.15) is 0 Å². The number of aryl methyl sites for hydroxylation is 1. The van der Waals surface area contributed by atoms with E-state index in [1.165, 1.54) is 11.6 Å². The van der Waals surface area contributed by atoms with Crippen LogP contribution in [-0.4, -0.2) is 23.0 Å². The molecule has 0 aliphatic rings. The van der Waals surface area contributed by atoms with E-state index in [0.717, 1.165) is 22.4 Å². The van der Waals surface area contributed by atoms with E-state index in [-0.39, 0.29) is 6.42 Å². The molecule has 0 heterocycles. The second-order valence-electron chi connectivity index (χ2n) is 7.27. The standard InChI is InChI=1S/C26H25NO4/c1-19-7-9-22(10-8-19)18-31-23-14-11-20(12-15-23)13-16-25(28)27-24(26(29)30)17-21-5-3-2-4-6-21/h2-16,24H,17-18H2,1H3,(H,27,28)(H,29,30)/b16-13+/t24-/m1/s1. The molecule has 0 fully saturated rings. The van der Waals surface area contributed by atoms with Crippen molar-refractivity contribution in [3.05, 3.63) is 107 Å². The number of carboxylic acid groups (broad SMARTS) is 1. The lowest BCUT2D eigenvalue weighted by Gasteiger charge is -2.13. The van der Waals surface area contributed by atoms with Crippen LogP contribution in [-0.2, 0) is 22.6 Å². The second kappa shape index (κ2) is 10.8. The predicted molar refractivity (Wildman–Crippen MR) is 121 cm³/mol. The van der Waals surface area contributed by atoms with E-state index in [1.807, 2.05) is 85.8 Å². The average Bonchev–Trinajstić information content (AvgIpc) is 2.78. The Morgan fingerprint density at radius 1 is 0.935 bits per heavy atom. The predicted octanol–water partition coefficient (Wildman–Crippen LogP) is 4.40. The van der Waals surface area contributed by atoms with Crippen molar-refractivity contribution in [3.8, 4) is 5.75 Å². The van der Waals surface area contributed by atoms with E-state index >= 15 is 0 Å². The van der Waals surface area contributed by atoms with Crippen molar-refractivity contribution in [2.75, 3.05) is 0 Å². The molecule has 1 amide bonds. The number of hydrogen-bond donors (Lipinski definition) is 2. The quantitative estimate of drug-likeness (QED) is 0.508. The van der Waals surface area contributed by atoms with E-state index in [4.69, 9.17) is 4.74 Å². The molecule has 0 saturated carbocycles. The number of amides is 1. The molecule has 0 unspecified atom stereocenters. The Balaban J connectivity index is 1.52. The lowest BCUT2D eigenvalue weighted by atomic mass is 10.1. The summed E-state index contributed by atoms with van der Waals surface area (Å²) in [7, 11) is 0. The molecule has 0 aliphatic carbocycles. The highest BCUT2D eigenvalue weighted by molar-refractivity contribution is 5.94. The molecule has 0 radical (unpaired) electrons. The van der Waals surface area contributed by atoms with Gasteiger partial charge < -0.3 is 15.2 Å². The van der Waals surface area contributed by atoms with Crippen molar-refractivity contribution in [3.63, 3.8) is 0 Å². The van der Waals surface area contributed by atoms with Crippen molar-refractivity contribution >= 4 is 18.0 Å². The fourth-order valence-corrected chi connectivity index (χ4v) is 2.97. The fraction of sp³-hybridized carbons (Fsp3) is 0.154. The number of benzene rings is 3. The first kappa shape index (κ1) is 21.8. The molecule has 0 spiro atoms. The van der Waals surface area contributed by atoms with Crippen molar-refractivity contribution in [1.29, 1.82) is 0 Å². The zero-order valence-electron chi connectivity index (χ0n) is 17.3. The minimum atomic E-state index is -1.07. The maximum Gasteiger partial charge on any atom is 0.326 e. The molecular weight excluding hydrogens is 390 g/mol. The Kier molecular flexibility index (Phi) is 7.60. The van der Waals surface area contributed by atoms with Crippen molar-refractivity contribution in [2.24, 2.45) is 0 Å². The van der Waals surface area contributed by atoms with E-state index in [9.17, 15) is 14.7 Å². The van der Waals surface area contributed by atoms with Crippen LogP contribution in [0.15, 0.2) is 84.9 Å². The van der Waals surface area contributed by atoms with Gasteiger partial charge in [0.05, 0.1) is 0 Å². The summed E-state index contributed by atoms with van der Waals surface area (Å²) in [6, 6.07) is 23.7. The molecule has 0 saturated heterocycles. The third kappa shape index (κ3) is 7.16. The maximum atomic E-state index is 12.2. The number of carbonyl (C=O) groups excluding carboxylic acids is 1. The van der Waals surface area contributed by atoms with E-state index < -0.39 is 17.9 Å². The molecule has 5 heteroatoms. The van der Waals surface area contributed by atoms with Gasteiger partial charge in [-0.3, -0.25) is 4.79 Å². The number of carboxylic acids is 1. The Morgan fingerprint density at radius 3 is 2.26 bits per heavy atom. The SMILES string of the molecule is Cc1ccc(COc2ccc(/C=C/C(=O)N[C@H](Cc3ccccc3)C(=O)O)cc2)cc1. The zero-order chi connectivity index (χ0) is 22.1. The van der Waals surface area contributed by atoms with Gasteiger partial charge in [0.25, 0.3) is 0 Å². The first-order valence-electron chi connectivity index (χ1n) is 10.0. The highest BCUT2D eigenvalue weighted by Crippen LogP contribution is 2.15. The fourth-order valence-electron chi connectivity index (χ4n) is 2.97. The molecule has 3 aromatic rings. The largest absolute Gasteiger partial charge is 0.489 e. The van der Waals surface area contributed by atoms with Gasteiger partial charge in [-0.15, -0.1) is 0 Å². The van der Waals surface area contributed by atoms with Gasteiger partial charge in [0.15, 0.2) is 0 Å². The Hall–Kier alpha value is -3.86. The average molecular weight is 415 g/mol. The first-order chi connectivity index (χ1) is 15.0. The molecule has 31 heavy (non-hydrogen) atoms. The smallest absolute Gasteiger partial charge is 0.326 e. The van der Waals surface area contributed by atoms with E-state index in [2.05, 4.69) is 5.32 Å². The highest BCUT2D eigenvalue weighted by Gasteiger charge is 2.19. The minimum absolute atomic E-state index is 0.225. The van der Waals surface area contributed by atoms with Gasteiger partial charge in [0, 0.05) is 12.5 Å². The number of hydrogen-bond acceptors (Lipinski definition) is 3. The maximum absolute atomic E-state index is 12.2. The molecule has 5 nitrogen and oxygen atoms in total. The van der Waals surface area contributed by atoms with Crippen LogP contribution in [0.3, 0.4) is 0 Å². The Bertz CT molecular complexity index is 1030. The van der Waals surface area contributed by atoms with Crippen LogP contribution in [0, 0.1) is 6.92 Å². The van der Waals surface area contributed by atoms with Crippen molar-refractivity contribution in [1.82, 2.24) is 5.32 Å². The molecule has 0 aromatic heterocycles. The second-order valence-corrected chi connectivity index (χ2v) is 7.27. The number of ether oxygens (including phenoxy) is 1. The minimum Gasteiger partial charge on any atom is -0.489 e. The molecule has 3 aromatic carbocycles. The van der Waals surface area contributed by atoms with E-state index in [1.54, 1.807) is 6.08 Å². The summed E-state index contributed by atoms with van der Waals surface area (Å²) in [6.07, 6.45) is 3.20. The Morgan fingerprint density at radius 2 is 1.61 bits per heavy atom. The third-order valence-corrected chi connectivity index (χ3v) is 4.73. The van der Waals surface area contributed by atoms with Gasteiger partial charge in [-0.1, -0.05) is 72.3 Å². The van der Waals surface area contributed by atoms with Crippen LogP contribution in [0.4, 0.5) is 0 Å². The number of carbonyl (C=O) groups is 2. The summed E-state index contributed by atoms with van der Waals surface area (Å²) in [6.45, 7) is 2.53. The highest BCUT2D eigenvalue weighted by atomic mass is 16.5. The van der Waals surface area contributed by atoms with Gasteiger partial charge >= 0.3 is 5.97 Å². The number of nitrogens with one attached hydrogen (secondary N) is 1. The van der Waals surface area contributed by atoms with Crippen LogP contribution in [0.25, 0.3) is 6.08 Å². The lowest BCUT2D eigenvalue weighted by Crippen LogP contribution is -2.41. The molecule has 2 N–H and O–H groups in total. The van der Waals surface area contributed by atoms with E-state index in [0.29, 0.717) is 6.61 Å². The van der Waals surface area contributed by atoms with Crippen LogP contribution < -0.4 is 10.1 Å².